The van der Waals surface area contributed by atoms with Crippen molar-refractivity contribution in [3.63, 3.8) is 0 Å². The number of nitro groups is 1. The largest absolute Gasteiger partial charge is 0.464 e. The fraction of sp³-hybridized carbons (Fsp3) is 0.100. The molecule has 2 aromatic rings. The molecule has 1 heterocycles. The number of aromatic nitrogens is 3. The van der Waals surface area contributed by atoms with E-state index in [0.29, 0.717) is 0 Å². The van der Waals surface area contributed by atoms with Crippen molar-refractivity contribution < 1.29 is 14.5 Å². The van der Waals surface area contributed by atoms with Crippen LogP contribution < -0.4 is 5.73 Å². The molecule has 2 N–H and O–H groups in total. The zero-order chi connectivity index (χ0) is 14.9. The highest BCUT2D eigenvalue weighted by Gasteiger charge is 2.21. The topological polar surface area (TPSA) is 126 Å². The number of hydrogen-bond donors (Lipinski definition) is 1. The molecule has 1 aromatic carbocycles. The normalized spacial score (nSPS) is 10.3. The van der Waals surface area contributed by atoms with Crippen LogP contribution in [0.1, 0.15) is 10.5 Å². The number of nitrogens with zero attached hydrogens (tertiary/aromatic N) is 4. The molecule has 104 valence electrons. The van der Waals surface area contributed by atoms with Crippen LogP contribution in [0.2, 0.25) is 5.02 Å². The Morgan fingerprint density at radius 1 is 1.55 bits per heavy atom. The second kappa shape index (κ2) is 5.13. The van der Waals surface area contributed by atoms with E-state index in [0.717, 1.165) is 4.68 Å². The van der Waals surface area contributed by atoms with Gasteiger partial charge in [-0.05, 0) is 12.1 Å². The second-order valence-electron chi connectivity index (χ2n) is 3.62. The Morgan fingerprint density at radius 2 is 2.25 bits per heavy atom. The van der Waals surface area contributed by atoms with E-state index in [9.17, 15) is 14.9 Å². The summed E-state index contributed by atoms with van der Waals surface area (Å²) in [6, 6.07) is 3.96. The number of nitrogen functional groups attached to an aromatic ring is 1. The quantitative estimate of drug-likeness (QED) is 0.512. The average Bonchev–Trinajstić information content (AvgIpc) is 2.80. The molecule has 0 saturated heterocycles. The van der Waals surface area contributed by atoms with Crippen LogP contribution in [0.25, 0.3) is 5.69 Å². The monoisotopic (exact) mass is 297 g/mol. The number of hydrogen-bond acceptors (Lipinski definition) is 7. The van der Waals surface area contributed by atoms with Crippen molar-refractivity contribution in [2.45, 2.75) is 0 Å². The van der Waals surface area contributed by atoms with E-state index < -0.39 is 10.9 Å². The second-order valence-corrected chi connectivity index (χ2v) is 4.03. The number of methoxy groups -OCH3 is 1. The van der Waals surface area contributed by atoms with Crippen molar-refractivity contribution in [3.8, 4) is 5.69 Å². The molecule has 0 amide bonds. The predicted molar refractivity (Wildman–Crippen MR) is 68.8 cm³/mol. The third-order valence-corrected chi connectivity index (χ3v) is 2.77. The number of ether oxygens (including phenoxy) is 1. The number of halogens is 1. The molecule has 0 fully saturated rings. The van der Waals surface area contributed by atoms with E-state index in [1.807, 2.05) is 0 Å². The van der Waals surface area contributed by atoms with Gasteiger partial charge in [0.2, 0.25) is 5.69 Å². The molecule has 0 atom stereocenters. The number of rotatable bonds is 3. The molecule has 0 unspecified atom stereocenters. The van der Waals surface area contributed by atoms with Crippen LogP contribution in [0.15, 0.2) is 18.2 Å². The summed E-state index contributed by atoms with van der Waals surface area (Å²) in [5.74, 6) is -0.842. The number of nitro benzene ring substituents is 1. The number of benzene rings is 1. The van der Waals surface area contributed by atoms with Gasteiger partial charge in [-0.1, -0.05) is 16.8 Å². The molecule has 0 bridgehead atoms. The maximum atomic E-state index is 11.4. The van der Waals surface area contributed by atoms with Crippen molar-refractivity contribution in [3.05, 3.63) is 39.0 Å². The number of anilines is 1. The van der Waals surface area contributed by atoms with Crippen LogP contribution in [-0.4, -0.2) is 33.0 Å². The van der Waals surface area contributed by atoms with E-state index >= 15 is 0 Å². The SMILES string of the molecule is COC(=O)c1nnn(-c2ccc(Cl)c([N+](=O)[O-])c2)c1N. The van der Waals surface area contributed by atoms with Gasteiger partial charge in [0.15, 0.2) is 5.82 Å². The maximum absolute atomic E-state index is 11.4. The lowest BCUT2D eigenvalue weighted by molar-refractivity contribution is -0.384. The van der Waals surface area contributed by atoms with Crippen molar-refractivity contribution >= 4 is 29.1 Å². The van der Waals surface area contributed by atoms with Crippen molar-refractivity contribution in [2.75, 3.05) is 12.8 Å². The first kappa shape index (κ1) is 13.7. The summed E-state index contributed by atoms with van der Waals surface area (Å²) in [4.78, 5) is 21.5. The van der Waals surface area contributed by atoms with Gasteiger partial charge in [-0.15, -0.1) is 5.10 Å². The highest BCUT2D eigenvalue weighted by atomic mass is 35.5. The third kappa shape index (κ3) is 2.26. The molecule has 1 aromatic heterocycles. The van der Waals surface area contributed by atoms with Gasteiger partial charge >= 0.3 is 5.97 Å². The number of carbonyl (C=O) groups is 1. The molecule has 0 spiro atoms. The fourth-order valence-corrected chi connectivity index (χ4v) is 1.68. The summed E-state index contributed by atoms with van der Waals surface area (Å²) in [7, 11) is 1.17. The molecule has 0 radical (unpaired) electrons. The number of nitrogens with two attached hydrogens (primary N) is 1. The Balaban J connectivity index is 2.53. The minimum absolute atomic E-state index is 0.0226. The van der Waals surface area contributed by atoms with Crippen LogP contribution in [0.4, 0.5) is 11.5 Å². The Labute approximate surface area is 117 Å². The Kier molecular flexibility index (Phi) is 3.53. The lowest BCUT2D eigenvalue weighted by Gasteiger charge is -2.03. The van der Waals surface area contributed by atoms with Crippen LogP contribution in [0.5, 0.6) is 0 Å². The zero-order valence-electron chi connectivity index (χ0n) is 10.1. The van der Waals surface area contributed by atoms with Crippen molar-refractivity contribution in [1.29, 1.82) is 0 Å². The molecule has 20 heavy (non-hydrogen) atoms. The van der Waals surface area contributed by atoms with Gasteiger partial charge in [-0.2, -0.15) is 4.68 Å². The molecule has 9 nitrogen and oxygen atoms in total. The summed E-state index contributed by atoms with van der Waals surface area (Å²) >= 11 is 5.70. The van der Waals surface area contributed by atoms with Crippen molar-refractivity contribution in [2.24, 2.45) is 0 Å². The minimum Gasteiger partial charge on any atom is -0.464 e. The van der Waals surface area contributed by atoms with E-state index in [-0.39, 0.29) is 27.9 Å². The first-order chi connectivity index (χ1) is 9.45. The van der Waals surface area contributed by atoms with Crippen LogP contribution in [-0.2, 0) is 4.74 Å². The third-order valence-electron chi connectivity index (χ3n) is 2.45. The van der Waals surface area contributed by atoms with Crippen LogP contribution >= 0.6 is 11.6 Å². The zero-order valence-corrected chi connectivity index (χ0v) is 10.9. The molecule has 0 aliphatic heterocycles. The van der Waals surface area contributed by atoms with Gasteiger partial charge in [0.25, 0.3) is 5.69 Å². The van der Waals surface area contributed by atoms with Crippen LogP contribution in [0, 0.1) is 10.1 Å². The smallest absolute Gasteiger partial charge is 0.362 e. The van der Waals surface area contributed by atoms with E-state index in [2.05, 4.69) is 15.0 Å². The van der Waals surface area contributed by atoms with E-state index in [4.69, 9.17) is 17.3 Å². The summed E-state index contributed by atoms with van der Waals surface area (Å²) in [6.45, 7) is 0. The molecule has 0 aliphatic carbocycles. The average molecular weight is 298 g/mol. The number of carbonyl (C=O) groups excluding carboxylic acids is 1. The Hall–Kier alpha value is -2.68. The summed E-state index contributed by atoms with van der Waals surface area (Å²) in [5, 5.41) is 18.0. The van der Waals surface area contributed by atoms with Crippen LogP contribution in [0.3, 0.4) is 0 Å². The van der Waals surface area contributed by atoms with Gasteiger partial charge in [0.05, 0.1) is 17.7 Å². The molecule has 0 aliphatic rings. The summed E-state index contributed by atoms with van der Waals surface area (Å²) < 4.78 is 5.56. The molecular formula is C10H8ClN5O4. The Bertz CT molecular complexity index is 699. The molecular weight excluding hydrogens is 290 g/mol. The van der Waals surface area contributed by atoms with Gasteiger partial charge in [-0.25, -0.2) is 4.79 Å². The summed E-state index contributed by atoms with van der Waals surface area (Å²) in [5.41, 5.74) is 5.48. The highest BCUT2D eigenvalue weighted by Crippen LogP contribution is 2.27. The van der Waals surface area contributed by atoms with Gasteiger partial charge in [-0.3, -0.25) is 10.1 Å². The molecule has 10 heteroatoms. The van der Waals surface area contributed by atoms with Gasteiger partial charge in [0.1, 0.15) is 5.02 Å². The Morgan fingerprint density at radius 3 is 2.85 bits per heavy atom. The lowest BCUT2D eigenvalue weighted by atomic mass is 10.3. The van der Waals surface area contributed by atoms with Gasteiger partial charge in [0, 0.05) is 6.07 Å². The fourth-order valence-electron chi connectivity index (χ4n) is 1.49. The first-order valence-corrected chi connectivity index (χ1v) is 5.57. The van der Waals surface area contributed by atoms with Crippen molar-refractivity contribution in [1.82, 2.24) is 15.0 Å². The highest BCUT2D eigenvalue weighted by molar-refractivity contribution is 6.32. The molecule has 0 saturated carbocycles. The standard InChI is InChI=1S/C10H8ClN5O4/c1-20-10(17)8-9(12)15(14-13-8)5-2-3-6(11)7(4-5)16(18)19/h2-4H,12H2,1H3. The lowest BCUT2D eigenvalue weighted by Crippen LogP contribution is -2.08. The maximum Gasteiger partial charge on any atom is 0.362 e. The first-order valence-electron chi connectivity index (χ1n) is 5.19. The number of esters is 1. The van der Waals surface area contributed by atoms with E-state index in [1.165, 1.54) is 25.3 Å². The molecule has 2 rings (SSSR count). The summed E-state index contributed by atoms with van der Waals surface area (Å²) in [6.07, 6.45) is 0. The predicted octanol–water partition coefficient (Wildman–Crippen LogP) is 1.20. The minimum atomic E-state index is -0.753. The van der Waals surface area contributed by atoms with Gasteiger partial charge < -0.3 is 10.5 Å². The van der Waals surface area contributed by atoms with E-state index in [1.54, 1.807) is 0 Å².